The molecule has 0 unspecified atom stereocenters. The van der Waals surface area contributed by atoms with E-state index in [0.717, 1.165) is 6.42 Å². The average Bonchev–Trinajstić information content (AvgIpc) is 2.51. The second-order valence-corrected chi connectivity index (χ2v) is 7.23. The molecule has 6 heteroatoms. The van der Waals surface area contributed by atoms with E-state index in [1.165, 1.54) is 0 Å². The number of thiocarbonyl (C=S) groups is 1. The van der Waals surface area contributed by atoms with Crippen LogP contribution in [0.15, 0.2) is 24.3 Å². The molecule has 1 amide bonds. The van der Waals surface area contributed by atoms with Crippen molar-refractivity contribution in [3.63, 3.8) is 0 Å². The van der Waals surface area contributed by atoms with Gasteiger partial charge in [0.05, 0.1) is 12.8 Å². The highest BCUT2D eigenvalue weighted by Gasteiger charge is 2.50. The highest BCUT2D eigenvalue weighted by molar-refractivity contribution is 7.80. The maximum absolute atomic E-state index is 12.2. The van der Waals surface area contributed by atoms with Gasteiger partial charge in [0.15, 0.2) is 5.11 Å². The Morgan fingerprint density at radius 2 is 2.00 bits per heavy atom. The van der Waals surface area contributed by atoms with E-state index in [0.29, 0.717) is 17.9 Å². The Hall–Kier alpha value is -1.95. The number of hydrogen-bond donors (Lipinski definition) is 2. The fraction of sp³-hybridized carbons (Fsp3) is 0.500. The van der Waals surface area contributed by atoms with Crippen molar-refractivity contribution in [3.8, 4) is 5.75 Å². The zero-order valence-electron chi connectivity index (χ0n) is 14.5. The Bertz CT molecular complexity index is 657. The number of methoxy groups -OCH3 is 1. The first-order chi connectivity index (χ1) is 11.3. The van der Waals surface area contributed by atoms with Crippen LogP contribution in [0.4, 0.5) is 5.69 Å². The Labute approximate surface area is 148 Å². The van der Waals surface area contributed by atoms with Crippen LogP contribution >= 0.6 is 12.2 Å². The summed E-state index contributed by atoms with van der Waals surface area (Å²) in [7, 11) is 1.58. The molecule has 1 aliphatic rings. The quantitative estimate of drug-likeness (QED) is 0.800. The summed E-state index contributed by atoms with van der Waals surface area (Å²) in [6.07, 6.45) is 1.13. The number of hydrogen-bond acceptors (Lipinski definition) is 4. The van der Waals surface area contributed by atoms with Crippen molar-refractivity contribution in [3.05, 3.63) is 24.3 Å². The van der Waals surface area contributed by atoms with Gasteiger partial charge in [-0.3, -0.25) is 9.59 Å². The first kappa shape index (κ1) is 18.4. The van der Waals surface area contributed by atoms with Gasteiger partial charge < -0.3 is 15.4 Å². The van der Waals surface area contributed by atoms with Gasteiger partial charge in [0.1, 0.15) is 11.5 Å². The van der Waals surface area contributed by atoms with Crippen molar-refractivity contribution in [2.24, 2.45) is 17.3 Å². The molecule has 1 saturated carbocycles. The normalized spacial score (nSPS) is 21.3. The van der Waals surface area contributed by atoms with E-state index in [1.54, 1.807) is 14.0 Å². The molecule has 0 heterocycles. The molecular weight excluding hydrogens is 324 g/mol. The molecule has 1 aromatic carbocycles. The maximum Gasteiger partial charge on any atom is 0.226 e. The zero-order valence-corrected chi connectivity index (χ0v) is 15.3. The molecule has 2 N–H and O–H groups in total. The Morgan fingerprint density at radius 3 is 2.58 bits per heavy atom. The predicted octanol–water partition coefficient (Wildman–Crippen LogP) is 3.15. The highest BCUT2D eigenvalue weighted by Crippen LogP contribution is 2.53. The summed E-state index contributed by atoms with van der Waals surface area (Å²) in [5.41, 5.74) is 0.562. The Kier molecular flexibility index (Phi) is 5.59. The molecule has 130 valence electrons. The minimum Gasteiger partial charge on any atom is -0.495 e. The zero-order chi connectivity index (χ0) is 17.9. The van der Waals surface area contributed by atoms with Crippen LogP contribution in [-0.2, 0) is 9.59 Å². The first-order valence-electron chi connectivity index (χ1n) is 8.00. The number of benzene rings is 1. The molecule has 5 nitrogen and oxygen atoms in total. The van der Waals surface area contributed by atoms with Gasteiger partial charge in [0.25, 0.3) is 0 Å². The lowest BCUT2D eigenvalue weighted by Gasteiger charge is -2.51. The van der Waals surface area contributed by atoms with E-state index in [4.69, 9.17) is 17.0 Å². The third kappa shape index (κ3) is 3.93. The lowest BCUT2D eigenvalue weighted by molar-refractivity contribution is -0.140. The van der Waals surface area contributed by atoms with Crippen LogP contribution in [0.1, 0.15) is 33.6 Å². The summed E-state index contributed by atoms with van der Waals surface area (Å²) in [5.74, 6) is 0.959. The van der Waals surface area contributed by atoms with Crippen molar-refractivity contribution < 1.29 is 14.3 Å². The van der Waals surface area contributed by atoms with Gasteiger partial charge in [-0.1, -0.05) is 26.0 Å². The summed E-state index contributed by atoms with van der Waals surface area (Å²) in [4.78, 5) is 23.8. The largest absolute Gasteiger partial charge is 0.495 e. The number of ether oxygens (including phenoxy) is 1. The van der Waals surface area contributed by atoms with Crippen molar-refractivity contribution in [1.82, 2.24) is 5.32 Å². The Morgan fingerprint density at radius 1 is 1.33 bits per heavy atom. The summed E-state index contributed by atoms with van der Waals surface area (Å²) in [6.45, 7) is 5.72. The number of ketones is 1. The second kappa shape index (κ2) is 7.30. The second-order valence-electron chi connectivity index (χ2n) is 6.82. The fourth-order valence-corrected chi connectivity index (χ4v) is 3.58. The van der Waals surface area contributed by atoms with Crippen molar-refractivity contribution >= 4 is 34.7 Å². The number of nitrogens with one attached hydrogen (secondary N) is 2. The molecule has 1 aliphatic carbocycles. The molecule has 2 rings (SSSR count). The van der Waals surface area contributed by atoms with Crippen molar-refractivity contribution in [1.29, 1.82) is 0 Å². The van der Waals surface area contributed by atoms with E-state index < -0.39 is 0 Å². The predicted molar refractivity (Wildman–Crippen MR) is 98.0 cm³/mol. The number of carbonyl (C=O) groups excluding carboxylic acids is 2. The number of amides is 1. The summed E-state index contributed by atoms with van der Waals surface area (Å²) in [6, 6.07) is 7.35. The molecule has 2 atom stereocenters. The first-order valence-corrected chi connectivity index (χ1v) is 8.40. The molecule has 24 heavy (non-hydrogen) atoms. The van der Waals surface area contributed by atoms with Crippen LogP contribution in [-0.4, -0.2) is 23.9 Å². The fourth-order valence-electron chi connectivity index (χ4n) is 3.36. The van der Waals surface area contributed by atoms with Crippen LogP contribution in [0.5, 0.6) is 5.75 Å². The van der Waals surface area contributed by atoms with Gasteiger partial charge in [-0.15, -0.1) is 0 Å². The van der Waals surface area contributed by atoms with Crippen LogP contribution in [0, 0.1) is 17.3 Å². The minimum atomic E-state index is -0.138. The molecule has 0 radical (unpaired) electrons. The van der Waals surface area contributed by atoms with Gasteiger partial charge >= 0.3 is 0 Å². The summed E-state index contributed by atoms with van der Waals surface area (Å²) < 4.78 is 5.24. The lowest BCUT2D eigenvalue weighted by Crippen LogP contribution is -2.50. The summed E-state index contributed by atoms with van der Waals surface area (Å²) >= 11 is 5.20. The van der Waals surface area contributed by atoms with Crippen LogP contribution < -0.4 is 15.4 Å². The molecule has 1 aromatic rings. The molecule has 0 spiro atoms. The van der Waals surface area contributed by atoms with E-state index in [2.05, 4.69) is 10.6 Å². The standard InChI is InChI=1S/C18H24N2O3S/c1-11(21)13-9-12(18(13,2)3)10-16(22)20-17(24)19-14-7-5-6-8-15(14)23-4/h5-8,12-13H,9-10H2,1-4H3,(H2,19,20,22,24)/t12-,13+/m1/s1. The van der Waals surface area contributed by atoms with Crippen LogP contribution in [0.3, 0.4) is 0 Å². The molecular formula is C18H24N2O3S. The number of carbonyl (C=O) groups is 2. The maximum atomic E-state index is 12.2. The average molecular weight is 348 g/mol. The van der Waals surface area contributed by atoms with Crippen LogP contribution in [0.2, 0.25) is 0 Å². The minimum absolute atomic E-state index is 0.0500. The van der Waals surface area contributed by atoms with Gasteiger partial charge in [0, 0.05) is 12.3 Å². The van der Waals surface area contributed by atoms with E-state index in [9.17, 15) is 9.59 Å². The number of rotatable bonds is 5. The number of anilines is 1. The monoisotopic (exact) mass is 348 g/mol. The topological polar surface area (TPSA) is 67.4 Å². The highest BCUT2D eigenvalue weighted by atomic mass is 32.1. The number of Topliss-reactive ketones (excluding diaryl/α,β-unsaturated/α-hetero) is 1. The van der Waals surface area contributed by atoms with Crippen molar-refractivity contribution in [2.45, 2.75) is 33.6 Å². The molecule has 0 saturated heterocycles. The van der Waals surface area contributed by atoms with Gasteiger partial charge in [-0.25, -0.2) is 0 Å². The summed E-state index contributed by atoms with van der Waals surface area (Å²) in [5, 5.41) is 5.91. The van der Waals surface area contributed by atoms with Gasteiger partial charge in [0.2, 0.25) is 5.91 Å². The molecule has 0 aromatic heterocycles. The third-order valence-corrected chi connectivity index (χ3v) is 5.21. The Balaban J connectivity index is 1.87. The number of para-hydroxylation sites is 2. The third-order valence-electron chi connectivity index (χ3n) is 5.00. The van der Waals surface area contributed by atoms with Gasteiger partial charge in [-0.05, 0) is 49.0 Å². The molecule has 0 aliphatic heterocycles. The van der Waals surface area contributed by atoms with E-state index >= 15 is 0 Å². The SMILES string of the molecule is COc1ccccc1NC(=S)NC(=O)C[C@H]1C[C@@H](C(C)=O)C1(C)C. The van der Waals surface area contributed by atoms with Crippen LogP contribution in [0.25, 0.3) is 0 Å². The van der Waals surface area contributed by atoms with Crippen molar-refractivity contribution in [2.75, 3.05) is 12.4 Å². The van der Waals surface area contributed by atoms with E-state index in [-0.39, 0.29) is 34.1 Å². The van der Waals surface area contributed by atoms with Gasteiger partial charge in [-0.2, -0.15) is 0 Å². The van der Waals surface area contributed by atoms with E-state index in [1.807, 2.05) is 38.1 Å². The smallest absolute Gasteiger partial charge is 0.226 e. The molecule has 1 fully saturated rings. The molecule has 0 bridgehead atoms. The lowest BCUT2D eigenvalue weighted by atomic mass is 9.52.